The van der Waals surface area contributed by atoms with Gasteiger partial charge in [-0.2, -0.15) is 5.10 Å². The van der Waals surface area contributed by atoms with E-state index in [-0.39, 0.29) is 18.2 Å². The highest BCUT2D eigenvalue weighted by Crippen LogP contribution is 2.31. The van der Waals surface area contributed by atoms with Crippen molar-refractivity contribution in [3.63, 3.8) is 0 Å². The van der Waals surface area contributed by atoms with Gasteiger partial charge in [-0.25, -0.2) is 4.39 Å². The van der Waals surface area contributed by atoms with Gasteiger partial charge in [-0.05, 0) is 41.8 Å². The molecule has 8 heteroatoms. The summed E-state index contributed by atoms with van der Waals surface area (Å²) in [5, 5.41) is 31.8. The highest BCUT2D eigenvalue weighted by Gasteiger charge is 2.24. The lowest BCUT2D eigenvalue weighted by Gasteiger charge is -2.15. The van der Waals surface area contributed by atoms with Gasteiger partial charge in [-0.1, -0.05) is 6.07 Å². The second kappa shape index (κ2) is 7.07. The third-order valence-electron chi connectivity index (χ3n) is 4.80. The van der Waals surface area contributed by atoms with E-state index in [0.717, 1.165) is 11.1 Å². The molecular formula is C19H19FN4O3. The molecule has 0 saturated heterocycles. The summed E-state index contributed by atoms with van der Waals surface area (Å²) in [7, 11) is 0. The summed E-state index contributed by atoms with van der Waals surface area (Å²) < 4.78 is 13.8. The van der Waals surface area contributed by atoms with Crippen LogP contribution >= 0.6 is 0 Å². The molecule has 2 heterocycles. The number of anilines is 1. The predicted molar refractivity (Wildman–Crippen MR) is 97.7 cm³/mol. The molecule has 0 aliphatic carbocycles. The Morgan fingerprint density at radius 2 is 2.22 bits per heavy atom. The first-order chi connectivity index (χ1) is 13.0. The van der Waals surface area contributed by atoms with Crippen LogP contribution in [0.5, 0.6) is 0 Å². The van der Waals surface area contributed by atoms with Gasteiger partial charge in [0.15, 0.2) is 0 Å². The Balaban J connectivity index is 1.55. The van der Waals surface area contributed by atoms with E-state index in [2.05, 4.69) is 20.8 Å². The van der Waals surface area contributed by atoms with Gasteiger partial charge in [0.05, 0.1) is 30.0 Å². The number of rotatable bonds is 5. The number of fused-ring (bicyclic) bond motifs is 2. The van der Waals surface area contributed by atoms with Gasteiger partial charge in [-0.15, -0.1) is 0 Å². The molecular weight excluding hydrogens is 351 g/mol. The van der Waals surface area contributed by atoms with Crippen molar-refractivity contribution >= 4 is 22.5 Å². The number of H-pyrrole nitrogens is 1. The highest BCUT2D eigenvalue weighted by molar-refractivity contribution is 6.12. The molecule has 0 spiro atoms. The smallest absolute Gasteiger partial charge is 0.256 e. The van der Waals surface area contributed by atoms with Crippen molar-refractivity contribution in [3.05, 3.63) is 59.0 Å². The van der Waals surface area contributed by atoms with Crippen LogP contribution in [0.1, 0.15) is 33.9 Å². The topological polar surface area (TPSA) is 110 Å². The Bertz CT molecular complexity index is 1000. The highest BCUT2D eigenvalue weighted by atomic mass is 19.1. The molecule has 2 atom stereocenters. The van der Waals surface area contributed by atoms with Crippen molar-refractivity contribution in [2.45, 2.75) is 25.1 Å². The first kappa shape index (κ1) is 17.6. The summed E-state index contributed by atoms with van der Waals surface area (Å²) in [6.45, 7) is 0.325. The number of nitrogens with one attached hydrogen (secondary N) is 3. The quantitative estimate of drug-likeness (QED) is 0.471. The van der Waals surface area contributed by atoms with Crippen molar-refractivity contribution < 1.29 is 19.4 Å². The van der Waals surface area contributed by atoms with Crippen LogP contribution in [0.4, 0.5) is 10.1 Å². The minimum absolute atomic E-state index is 0.0410. The molecule has 2 aromatic carbocycles. The third-order valence-corrected chi connectivity index (χ3v) is 4.80. The maximum absolute atomic E-state index is 13.8. The number of hydrogen-bond donors (Lipinski definition) is 5. The zero-order valence-electron chi connectivity index (χ0n) is 14.4. The number of aliphatic hydroxyl groups is 2. The molecule has 3 aromatic rings. The maximum atomic E-state index is 13.8. The van der Waals surface area contributed by atoms with Crippen LogP contribution in [-0.2, 0) is 6.54 Å². The number of aromatic amines is 1. The minimum atomic E-state index is -0.779. The van der Waals surface area contributed by atoms with Crippen LogP contribution in [-0.4, -0.2) is 39.0 Å². The van der Waals surface area contributed by atoms with E-state index < -0.39 is 17.8 Å². The molecule has 0 fully saturated rings. The van der Waals surface area contributed by atoms with Gasteiger partial charge in [0.25, 0.3) is 5.91 Å². The first-order valence-electron chi connectivity index (χ1n) is 8.64. The molecule has 1 aliphatic rings. The lowest BCUT2D eigenvalue weighted by Crippen LogP contribution is -2.21. The number of halogens is 1. The van der Waals surface area contributed by atoms with E-state index in [1.807, 2.05) is 12.1 Å². The molecule has 140 valence electrons. The summed E-state index contributed by atoms with van der Waals surface area (Å²) in [6.07, 6.45) is 1.13. The second-order valence-corrected chi connectivity index (χ2v) is 6.66. The summed E-state index contributed by atoms with van der Waals surface area (Å²) in [4.78, 5) is 12.6. The lowest BCUT2D eigenvalue weighted by molar-refractivity contribution is 0.0800. The average molecular weight is 370 g/mol. The lowest BCUT2D eigenvalue weighted by atomic mass is 9.99. The third kappa shape index (κ3) is 3.42. The molecule has 0 saturated carbocycles. The summed E-state index contributed by atoms with van der Waals surface area (Å²) in [5.41, 5.74) is 3.31. The van der Waals surface area contributed by atoms with Gasteiger partial charge >= 0.3 is 0 Å². The van der Waals surface area contributed by atoms with E-state index in [1.54, 1.807) is 6.07 Å². The summed E-state index contributed by atoms with van der Waals surface area (Å²) in [5.74, 6) is -0.931. The Morgan fingerprint density at radius 3 is 3.04 bits per heavy atom. The maximum Gasteiger partial charge on any atom is 0.256 e. The first-order valence-corrected chi connectivity index (χ1v) is 8.64. The molecule has 4 rings (SSSR count). The fraction of sp³-hybridized carbons (Fsp3) is 0.263. The van der Waals surface area contributed by atoms with Crippen LogP contribution in [0.2, 0.25) is 0 Å². The van der Waals surface area contributed by atoms with E-state index >= 15 is 0 Å². The van der Waals surface area contributed by atoms with Gasteiger partial charge < -0.3 is 20.8 Å². The Kier molecular flexibility index (Phi) is 4.61. The van der Waals surface area contributed by atoms with Crippen molar-refractivity contribution in [2.75, 3.05) is 11.9 Å². The molecule has 0 radical (unpaired) electrons. The number of amides is 1. The molecule has 5 N–H and O–H groups in total. The second-order valence-electron chi connectivity index (χ2n) is 6.66. The SMILES string of the molecule is O=C(Nc1ccc2c(c1)CN[C@H]2C[C@H](O)CO)c1cc(F)cc2[nH]ncc12. The van der Waals surface area contributed by atoms with Crippen LogP contribution in [0.15, 0.2) is 36.5 Å². The zero-order chi connectivity index (χ0) is 19.0. The Labute approximate surface area is 154 Å². The molecule has 7 nitrogen and oxygen atoms in total. The predicted octanol–water partition coefficient (Wildman–Crippen LogP) is 1.84. The summed E-state index contributed by atoms with van der Waals surface area (Å²) >= 11 is 0. The number of nitrogens with zero attached hydrogens (tertiary/aromatic N) is 1. The van der Waals surface area contributed by atoms with Crippen molar-refractivity contribution in [3.8, 4) is 0 Å². The van der Waals surface area contributed by atoms with Crippen LogP contribution in [0.3, 0.4) is 0 Å². The van der Waals surface area contributed by atoms with Gasteiger partial charge in [0.2, 0.25) is 0 Å². The largest absolute Gasteiger partial charge is 0.394 e. The molecule has 1 aliphatic heterocycles. The molecule has 0 bridgehead atoms. The Morgan fingerprint density at radius 1 is 1.37 bits per heavy atom. The fourth-order valence-corrected chi connectivity index (χ4v) is 3.48. The molecule has 1 amide bonds. The van der Waals surface area contributed by atoms with Crippen molar-refractivity contribution in [1.29, 1.82) is 0 Å². The Hall–Kier alpha value is -2.81. The van der Waals surface area contributed by atoms with Gasteiger partial charge in [-0.3, -0.25) is 9.89 Å². The summed E-state index contributed by atoms with van der Waals surface area (Å²) in [6, 6.07) is 7.96. The van der Waals surface area contributed by atoms with Gasteiger partial charge in [0, 0.05) is 23.7 Å². The minimum Gasteiger partial charge on any atom is -0.394 e. The normalized spacial score (nSPS) is 17.1. The van der Waals surface area contributed by atoms with Crippen molar-refractivity contribution in [1.82, 2.24) is 15.5 Å². The van der Waals surface area contributed by atoms with Crippen molar-refractivity contribution in [2.24, 2.45) is 0 Å². The number of benzene rings is 2. The van der Waals surface area contributed by atoms with E-state index in [0.29, 0.717) is 29.6 Å². The van der Waals surface area contributed by atoms with E-state index in [9.17, 15) is 14.3 Å². The number of carbonyl (C=O) groups is 1. The van der Waals surface area contributed by atoms with Gasteiger partial charge in [0.1, 0.15) is 5.82 Å². The number of carbonyl (C=O) groups excluding carboxylic acids is 1. The van der Waals surface area contributed by atoms with Crippen LogP contribution in [0, 0.1) is 5.82 Å². The fourth-order valence-electron chi connectivity index (χ4n) is 3.48. The standard InChI is InChI=1S/C19H19FN4O3/c20-11-4-15(16-8-22-24-18(16)5-11)19(27)23-12-1-2-14-10(3-12)7-21-17(14)6-13(26)9-25/h1-5,8,13,17,21,25-26H,6-7,9H2,(H,22,24)(H,23,27)/t13-,17-/m0/s1. The number of aromatic nitrogens is 2. The number of hydrogen-bond acceptors (Lipinski definition) is 5. The molecule has 0 unspecified atom stereocenters. The van der Waals surface area contributed by atoms with Crippen LogP contribution < -0.4 is 10.6 Å². The average Bonchev–Trinajstić information content (AvgIpc) is 3.27. The molecule has 1 aromatic heterocycles. The monoisotopic (exact) mass is 370 g/mol. The van der Waals surface area contributed by atoms with E-state index in [1.165, 1.54) is 18.3 Å². The number of aliphatic hydroxyl groups excluding tert-OH is 2. The van der Waals surface area contributed by atoms with E-state index in [4.69, 9.17) is 5.11 Å². The van der Waals surface area contributed by atoms with Crippen LogP contribution in [0.25, 0.3) is 10.9 Å². The molecule has 27 heavy (non-hydrogen) atoms. The zero-order valence-corrected chi connectivity index (χ0v) is 14.4.